The van der Waals surface area contributed by atoms with Gasteiger partial charge in [0.25, 0.3) is 0 Å². The lowest BCUT2D eigenvalue weighted by molar-refractivity contribution is 1.47. The molecule has 15 aromatic carbocycles. The molecular formula is C89H80. The van der Waals surface area contributed by atoms with Crippen LogP contribution in [-0.2, 0) is 0 Å². The van der Waals surface area contributed by atoms with Crippen molar-refractivity contribution in [3.63, 3.8) is 0 Å². The smallest absolute Gasteiger partial charge is 0.0105 e. The molecular weight excluding hydrogens is 1070 g/mol. The highest BCUT2D eigenvalue weighted by Crippen LogP contribution is 2.29. The van der Waals surface area contributed by atoms with Crippen molar-refractivity contribution in [3.05, 3.63) is 397 Å². The molecule has 0 bridgehead atoms. The van der Waals surface area contributed by atoms with Crippen LogP contribution < -0.4 is 0 Å². The van der Waals surface area contributed by atoms with E-state index in [1.165, 1.54) is 127 Å². The Labute approximate surface area is 529 Å². The van der Waals surface area contributed by atoms with Gasteiger partial charge in [-0.1, -0.05) is 385 Å². The molecule has 0 heterocycles. The van der Waals surface area contributed by atoms with Crippen LogP contribution in [0.4, 0.5) is 0 Å². The lowest BCUT2D eigenvalue weighted by Crippen LogP contribution is -1.81. The Morgan fingerprint density at radius 2 is 0.449 bits per heavy atom. The van der Waals surface area contributed by atoms with Crippen molar-refractivity contribution in [3.8, 4) is 44.5 Å². The second kappa shape index (κ2) is 32.7. The molecule has 0 amide bonds. The standard InChI is InChI=1S/2C17H14.2C13H12.2C11H10.C7H8/c1-13-9-11-15(12-10-13)17-8-4-6-14-5-2-3-7-16(14)17;1-13-6-8-15(9-7-13)17-11-10-14-4-2-3-5-16(14)12-17;1-11-6-5-9-13(10-11)12-7-3-2-4-8-12;1-11-7-9-13(10-8-11)12-5-3-2-4-6-12;1-9-5-4-7-10-6-2-3-8-11(9)10;1-9-6-7-10-4-2-3-5-11(10)8-9;1-7-5-3-2-4-6-7/h2*2-12H,1H3;2*2-10H,1H3;2*2-8H,1H3;2-6H,1H3. The lowest BCUT2D eigenvalue weighted by atomic mass is 9.98. The highest BCUT2D eigenvalue weighted by atomic mass is 14.1. The maximum atomic E-state index is 2.25. The summed E-state index contributed by atoms with van der Waals surface area (Å²) in [6.45, 7) is 14.8. The summed E-state index contributed by atoms with van der Waals surface area (Å²) >= 11 is 0. The Balaban J connectivity index is 0.000000125. The summed E-state index contributed by atoms with van der Waals surface area (Å²) in [6.07, 6.45) is 0. The fourth-order valence-electron chi connectivity index (χ4n) is 10.4. The summed E-state index contributed by atoms with van der Waals surface area (Å²) in [4.78, 5) is 0. The van der Waals surface area contributed by atoms with Gasteiger partial charge in [-0.05, 0) is 148 Å². The number of fused-ring (bicyclic) bond motifs is 4. The van der Waals surface area contributed by atoms with Gasteiger partial charge in [0.2, 0.25) is 0 Å². The molecule has 0 fully saturated rings. The van der Waals surface area contributed by atoms with Crippen LogP contribution in [-0.4, -0.2) is 0 Å². The van der Waals surface area contributed by atoms with Crippen LogP contribution in [0, 0.1) is 48.5 Å². The molecule has 0 aliphatic carbocycles. The number of hydrogen-bond donors (Lipinski definition) is 0. The average molecular weight is 1150 g/mol. The predicted octanol–water partition coefficient (Wildman–Crippen LogP) is 25.2. The van der Waals surface area contributed by atoms with Gasteiger partial charge in [-0.2, -0.15) is 0 Å². The van der Waals surface area contributed by atoms with E-state index in [1.807, 2.05) is 30.3 Å². The van der Waals surface area contributed by atoms with Crippen LogP contribution in [0.1, 0.15) is 38.9 Å². The van der Waals surface area contributed by atoms with Gasteiger partial charge < -0.3 is 0 Å². The van der Waals surface area contributed by atoms with E-state index in [2.05, 4.69) is 376 Å². The molecule has 0 N–H and O–H groups in total. The molecule has 0 spiro atoms. The summed E-state index contributed by atoms with van der Waals surface area (Å²) in [7, 11) is 0. The van der Waals surface area contributed by atoms with Crippen LogP contribution in [0.2, 0.25) is 0 Å². The normalized spacial score (nSPS) is 10.2. The van der Waals surface area contributed by atoms with Gasteiger partial charge in [-0.3, -0.25) is 0 Å². The lowest BCUT2D eigenvalue weighted by Gasteiger charge is -2.07. The van der Waals surface area contributed by atoms with Gasteiger partial charge in [0.1, 0.15) is 0 Å². The van der Waals surface area contributed by atoms with Gasteiger partial charge in [-0.25, -0.2) is 0 Å². The molecule has 89 heavy (non-hydrogen) atoms. The highest BCUT2D eigenvalue weighted by molar-refractivity contribution is 5.96. The van der Waals surface area contributed by atoms with Crippen LogP contribution in [0.5, 0.6) is 0 Å². The van der Waals surface area contributed by atoms with Crippen LogP contribution in [0.25, 0.3) is 87.6 Å². The summed E-state index contributed by atoms with van der Waals surface area (Å²) < 4.78 is 0. The molecule has 0 aliphatic rings. The molecule has 436 valence electrons. The molecule has 0 nitrogen and oxygen atoms in total. The minimum atomic E-state index is 1.28. The largest absolute Gasteiger partial charge is 0.0622 e. The van der Waals surface area contributed by atoms with E-state index in [0.717, 1.165) is 0 Å². The van der Waals surface area contributed by atoms with E-state index >= 15 is 0 Å². The molecule has 0 unspecified atom stereocenters. The zero-order chi connectivity index (χ0) is 62.0. The maximum absolute atomic E-state index is 2.25. The van der Waals surface area contributed by atoms with Crippen LogP contribution in [0.3, 0.4) is 0 Å². The van der Waals surface area contributed by atoms with E-state index in [-0.39, 0.29) is 0 Å². The monoisotopic (exact) mass is 1150 g/mol. The Morgan fingerprint density at radius 1 is 0.146 bits per heavy atom. The second-order valence-corrected chi connectivity index (χ2v) is 22.6. The number of aryl methyl sites for hydroxylation is 7. The van der Waals surface area contributed by atoms with Crippen molar-refractivity contribution in [1.82, 2.24) is 0 Å². The molecule has 0 atom stereocenters. The SMILES string of the molecule is Cc1ccc(-c2ccc3ccccc3c2)cc1.Cc1ccc(-c2cccc3ccccc23)cc1.Cc1ccc(-c2ccccc2)cc1.Cc1ccc2ccccc2c1.Cc1cccc(-c2ccccc2)c1.Cc1cccc2ccccc12.Cc1ccccc1. The van der Waals surface area contributed by atoms with Crippen molar-refractivity contribution in [2.45, 2.75) is 48.5 Å². The van der Waals surface area contributed by atoms with Gasteiger partial charge in [0.05, 0.1) is 0 Å². The van der Waals surface area contributed by atoms with Crippen molar-refractivity contribution >= 4 is 43.1 Å². The quantitative estimate of drug-likeness (QED) is 0.165. The molecule has 15 aromatic rings. The topological polar surface area (TPSA) is 0 Å². The Kier molecular flexibility index (Phi) is 23.1. The van der Waals surface area contributed by atoms with E-state index in [0.29, 0.717) is 0 Å². The predicted molar refractivity (Wildman–Crippen MR) is 390 cm³/mol. The van der Waals surface area contributed by atoms with Gasteiger partial charge >= 0.3 is 0 Å². The number of hydrogen-bond acceptors (Lipinski definition) is 0. The van der Waals surface area contributed by atoms with Crippen LogP contribution >= 0.6 is 0 Å². The molecule has 0 saturated carbocycles. The van der Waals surface area contributed by atoms with E-state index in [1.54, 1.807) is 0 Å². The van der Waals surface area contributed by atoms with Gasteiger partial charge in [-0.15, -0.1) is 0 Å². The van der Waals surface area contributed by atoms with Crippen molar-refractivity contribution in [2.75, 3.05) is 0 Å². The van der Waals surface area contributed by atoms with E-state index in [4.69, 9.17) is 0 Å². The molecule has 0 saturated heterocycles. The van der Waals surface area contributed by atoms with Crippen molar-refractivity contribution in [1.29, 1.82) is 0 Å². The minimum absolute atomic E-state index is 1.28. The third-order valence-electron chi connectivity index (χ3n) is 15.4. The average Bonchev–Trinajstić information content (AvgIpc) is 3.42. The van der Waals surface area contributed by atoms with E-state index < -0.39 is 0 Å². The zero-order valence-electron chi connectivity index (χ0n) is 52.6. The third-order valence-corrected chi connectivity index (χ3v) is 15.4. The minimum Gasteiger partial charge on any atom is -0.0622 e. The van der Waals surface area contributed by atoms with E-state index in [9.17, 15) is 0 Å². The molecule has 0 heteroatoms. The fourth-order valence-corrected chi connectivity index (χ4v) is 10.4. The van der Waals surface area contributed by atoms with Gasteiger partial charge in [0, 0.05) is 0 Å². The summed E-state index contributed by atoms with van der Waals surface area (Å²) in [5.41, 5.74) is 19.5. The molecule has 0 radical (unpaired) electrons. The zero-order valence-corrected chi connectivity index (χ0v) is 52.6. The second-order valence-electron chi connectivity index (χ2n) is 22.6. The highest BCUT2D eigenvalue weighted by Gasteiger charge is 2.04. The molecule has 0 aliphatic heterocycles. The first-order valence-corrected chi connectivity index (χ1v) is 30.8. The number of benzene rings is 15. The van der Waals surface area contributed by atoms with Gasteiger partial charge in [0.15, 0.2) is 0 Å². The maximum Gasteiger partial charge on any atom is -0.0105 e. The summed E-state index contributed by atoms with van der Waals surface area (Å²) in [5, 5.41) is 10.5. The molecule has 15 rings (SSSR count). The van der Waals surface area contributed by atoms with Crippen molar-refractivity contribution in [2.24, 2.45) is 0 Å². The molecule has 0 aromatic heterocycles. The third kappa shape index (κ3) is 19.2. The summed E-state index contributed by atoms with van der Waals surface area (Å²) in [5.74, 6) is 0. The summed E-state index contributed by atoms with van der Waals surface area (Å²) in [6, 6.07) is 126. The fraction of sp³-hybridized carbons (Fsp3) is 0.0787. The van der Waals surface area contributed by atoms with Crippen molar-refractivity contribution < 1.29 is 0 Å². The first-order valence-electron chi connectivity index (χ1n) is 30.8. The first-order chi connectivity index (χ1) is 43.5. The van der Waals surface area contributed by atoms with Crippen LogP contribution in [0.15, 0.2) is 358 Å². The first kappa shape index (κ1) is 62.9. The Morgan fingerprint density at radius 3 is 0.966 bits per heavy atom. The Bertz CT molecular complexity index is 4540. The number of rotatable bonds is 4. The Hall–Kier alpha value is -10.7.